The van der Waals surface area contributed by atoms with Gasteiger partial charge in [0.2, 0.25) is 0 Å². The van der Waals surface area contributed by atoms with Crippen molar-refractivity contribution in [3.8, 4) is 5.69 Å². The maximum atomic E-state index is 11.9. The molecule has 1 aliphatic rings. The Hall–Kier alpha value is -2.46. The van der Waals surface area contributed by atoms with Crippen molar-refractivity contribution in [2.75, 3.05) is 13.1 Å². The fourth-order valence-electron chi connectivity index (χ4n) is 3.72. The van der Waals surface area contributed by atoms with E-state index in [9.17, 15) is 4.79 Å². The predicted molar refractivity (Wildman–Crippen MR) is 101 cm³/mol. The van der Waals surface area contributed by atoms with Gasteiger partial charge in [-0.25, -0.2) is 0 Å². The van der Waals surface area contributed by atoms with E-state index in [0.717, 1.165) is 30.1 Å². The van der Waals surface area contributed by atoms with E-state index in [1.54, 1.807) is 12.3 Å². The molecule has 0 aliphatic carbocycles. The molecule has 1 atom stereocenters. The van der Waals surface area contributed by atoms with Gasteiger partial charge in [0.25, 0.3) is 5.56 Å². The topological polar surface area (TPSA) is 38.1 Å². The summed E-state index contributed by atoms with van der Waals surface area (Å²) in [6, 6.07) is 16.6. The summed E-state index contributed by atoms with van der Waals surface area (Å²) in [5.41, 5.74) is 2.06. The van der Waals surface area contributed by atoms with Gasteiger partial charge in [-0.1, -0.05) is 24.3 Å². The molecule has 3 aromatic rings. The molecule has 2 heterocycles. The van der Waals surface area contributed by atoms with Crippen LogP contribution >= 0.6 is 0 Å². The maximum Gasteiger partial charge on any atom is 0.271 e. The second-order valence-electron chi connectivity index (χ2n) is 6.92. The molecule has 2 aromatic carbocycles. The van der Waals surface area contributed by atoms with Crippen LogP contribution < -0.4 is 5.56 Å². The van der Waals surface area contributed by atoms with Gasteiger partial charge in [-0.2, -0.15) is 9.78 Å². The molecular formula is C21H23N3O. The summed E-state index contributed by atoms with van der Waals surface area (Å²) in [5.74, 6) is 0. The van der Waals surface area contributed by atoms with Crippen molar-refractivity contribution in [3.05, 3.63) is 70.6 Å². The first-order valence-electron chi connectivity index (χ1n) is 9.02. The highest BCUT2D eigenvalue weighted by Crippen LogP contribution is 2.21. The number of hydrogen-bond donors (Lipinski definition) is 0. The number of hydrogen-bond acceptors (Lipinski definition) is 3. The predicted octanol–water partition coefficient (Wildman–Crippen LogP) is 3.41. The molecule has 0 saturated carbocycles. The normalized spacial score (nSPS) is 18.0. The van der Waals surface area contributed by atoms with Crippen molar-refractivity contribution in [1.82, 2.24) is 14.7 Å². The zero-order chi connectivity index (χ0) is 17.2. The van der Waals surface area contributed by atoms with E-state index < -0.39 is 0 Å². The first-order chi connectivity index (χ1) is 12.2. The molecule has 0 amide bonds. The van der Waals surface area contributed by atoms with Crippen LogP contribution in [0.5, 0.6) is 0 Å². The summed E-state index contributed by atoms with van der Waals surface area (Å²) < 4.78 is 1.43. The molecule has 1 saturated heterocycles. The number of rotatable bonds is 4. The lowest BCUT2D eigenvalue weighted by molar-refractivity contribution is 0.272. The number of benzene rings is 2. The standard InChI is InChI=1S/C21H23N3O/c1-16-4-3-12-23(16)13-10-17-6-7-19-15-20(9-8-18(19)14-17)24-21(25)5-2-11-22-24/h2,5-9,11,14-16H,3-4,10,12-13H2,1H3/t16-/m0/s1. The summed E-state index contributed by atoms with van der Waals surface area (Å²) in [6.07, 6.45) is 5.37. The van der Waals surface area contributed by atoms with Crippen LogP contribution in [-0.4, -0.2) is 33.8 Å². The molecule has 1 fully saturated rings. The number of aromatic nitrogens is 2. The molecule has 1 aliphatic heterocycles. The van der Waals surface area contributed by atoms with E-state index in [1.807, 2.05) is 12.1 Å². The number of fused-ring (bicyclic) bond motifs is 1. The Morgan fingerprint density at radius 2 is 1.96 bits per heavy atom. The van der Waals surface area contributed by atoms with Crippen molar-refractivity contribution in [3.63, 3.8) is 0 Å². The summed E-state index contributed by atoms with van der Waals surface area (Å²) in [4.78, 5) is 14.5. The highest BCUT2D eigenvalue weighted by Gasteiger charge is 2.19. The van der Waals surface area contributed by atoms with Gasteiger partial charge in [0.05, 0.1) is 5.69 Å². The van der Waals surface area contributed by atoms with Crippen LogP contribution in [0, 0.1) is 0 Å². The molecule has 0 N–H and O–H groups in total. The van der Waals surface area contributed by atoms with Gasteiger partial charge in [0, 0.05) is 24.8 Å². The number of nitrogens with zero attached hydrogens (tertiary/aromatic N) is 3. The second-order valence-corrected chi connectivity index (χ2v) is 6.92. The van der Waals surface area contributed by atoms with E-state index >= 15 is 0 Å². The lowest BCUT2D eigenvalue weighted by Crippen LogP contribution is -2.28. The van der Waals surface area contributed by atoms with E-state index in [2.05, 4.69) is 41.2 Å². The van der Waals surface area contributed by atoms with Gasteiger partial charge in [0.1, 0.15) is 0 Å². The van der Waals surface area contributed by atoms with Crippen molar-refractivity contribution >= 4 is 10.8 Å². The van der Waals surface area contributed by atoms with Crippen LogP contribution in [0.1, 0.15) is 25.3 Å². The summed E-state index contributed by atoms with van der Waals surface area (Å²) in [6.45, 7) is 4.69. The van der Waals surface area contributed by atoms with Crippen molar-refractivity contribution in [2.24, 2.45) is 0 Å². The zero-order valence-electron chi connectivity index (χ0n) is 14.6. The van der Waals surface area contributed by atoms with E-state index in [4.69, 9.17) is 0 Å². The fourth-order valence-corrected chi connectivity index (χ4v) is 3.72. The Balaban J connectivity index is 1.56. The van der Waals surface area contributed by atoms with Crippen molar-refractivity contribution in [1.29, 1.82) is 0 Å². The third-order valence-electron chi connectivity index (χ3n) is 5.23. The third-order valence-corrected chi connectivity index (χ3v) is 5.23. The van der Waals surface area contributed by atoms with E-state index in [0.29, 0.717) is 0 Å². The molecular weight excluding hydrogens is 310 g/mol. The first-order valence-corrected chi connectivity index (χ1v) is 9.02. The van der Waals surface area contributed by atoms with Crippen LogP contribution in [0.2, 0.25) is 0 Å². The first kappa shape index (κ1) is 16.0. The average molecular weight is 333 g/mol. The monoisotopic (exact) mass is 333 g/mol. The number of likely N-dealkylation sites (tertiary alicyclic amines) is 1. The zero-order valence-corrected chi connectivity index (χ0v) is 14.6. The Labute approximate surface area is 147 Å². The van der Waals surface area contributed by atoms with Crippen molar-refractivity contribution in [2.45, 2.75) is 32.2 Å². The highest BCUT2D eigenvalue weighted by atomic mass is 16.1. The molecule has 4 nitrogen and oxygen atoms in total. The Kier molecular flexibility index (Phi) is 4.36. The molecule has 128 valence electrons. The molecule has 25 heavy (non-hydrogen) atoms. The minimum absolute atomic E-state index is 0.113. The summed E-state index contributed by atoms with van der Waals surface area (Å²) in [7, 11) is 0. The van der Waals surface area contributed by atoms with Gasteiger partial charge in [-0.3, -0.25) is 4.79 Å². The van der Waals surface area contributed by atoms with Gasteiger partial charge in [-0.15, -0.1) is 0 Å². The summed E-state index contributed by atoms with van der Waals surface area (Å²) in [5, 5.41) is 6.49. The average Bonchev–Trinajstić information content (AvgIpc) is 3.05. The highest BCUT2D eigenvalue weighted by molar-refractivity contribution is 5.85. The van der Waals surface area contributed by atoms with Gasteiger partial charge in [0.15, 0.2) is 0 Å². The summed E-state index contributed by atoms with van der Waals surface area (Å²) >= 11 is 0. The van der Waals surface area contributed by atoms with Gasteiger partial charge < -0.3 is 4.90 Å². The van der Waals surface area contributed by atoms with Crippen LogP contribution in [0.3, 0.4) is 0 Å². The molecule has 4 rings (SSSR count). The minimum Gasteiger partial charge on any atom is -0.300 e. The Morgan fingerprint density at radius 1 is 1.12 bits per heavy atom. The van der Waals surface area contributed by atoms with Crippen LogP contribution in [-0.2, 0) is 6.42 Å². The van der Waals surface area contributed by atoms with E-state index in [-0.39, 0.29) is 5.56 Å². The molecule has 0 bridgehead atoms. The lowest BCUT2D eigenvalue weighted by atomic mass is 10.0. The van der Waals surface area contributed by atoms with E-state index in [1.165, 1.54) is 41.1 Å². The van der Waals surface area contributed by atoms with Crippen LogP contribution in [0.25, 0.3) is 16.5 Å². The van der Waals surface area contributed by atoms with Crippen molar-refractivity contribution < 1.29 is 0 Å². The fraction of sp³-hybridized carbons (Fsp3) is 0.333. The second kappa shape index (κ2) is 6.81. The van der Waals surface area contributed by atoms with Gasteiger partial charge in [-0.05, 0) is 67.3 Å². The quantitative estimate of drug-likeness (QED) is 0.734. The SMILES string of the molecule is C[C@H]1CCCN1CCc1ccc2cc(-n3ncccc3=O)ccc2c1. The molecule has 4 heteroatoms. The smallest absolute Gasteiger partial charge is 0.271 e. The van der Waals surface area contributed by atoms with Gasteiger partial charge >= 0.3 is 0 Å². The lowest BCUT2D eigenvalue weighted by Gasteiger charge is -2.20. The minimum atomic E-state index is -0.113. The molecule has 0 radical (unpaired) electrons. The third kappa shape index (κ3) is 3.35. The molecule has 0 unspecified atom stereocenters. The molecule has 0 spiro atoms. The maximum absolute atomic E-state index is 11.9. The van der Waals surface area contributed by atoms with Crippen LogP contribution in [0.4, 0.5) is 0 Å². The largest absolute Gasteiger partial charge is 0.300 e. The Bertz CT molecular complexity index is 947. The Morgan fingerprint density at radius 3 is 2.76 bits per heavy atom. The molecule has 1 aromatic heterocycles. The van der Waals surface area contributed by atoms with Crippen LogP contribution in [0.15, 0.2) is 59.5 Å².